The first-order chi connectivity index (χ1) is 8.10. The second-order valence-electron chi connectivity index (χ2n) is 5.38. The van der Waals surface area contributed by atoms with Crippen LogP contribution < -0.4 is 5.32 Å². The second-order valence-corrected chi connectivity index (χ2v) is 5.38. The molecule has 0 spiro atoms. The highest BCUT2D eigenvalue weighted by molar-refractivity contribution is 5.93. The van der Waals surface area contributed by atoms with Gasteiger partial charge in [0.15, 0.2) is 0 Å². The molecule has 2 rings (SSSR count). The van der Waals surface area contributed by atoms with E-state index >= 15 is 0 Å². The first kappa shape index (κ1) is 12.9. The Morgan fingerprint density at radius 3 is 2.50 bits per heavy atom. The minimum Gasteiger partial charge on any atom is -0.311 e. The van der Waals surface area contributed by atoms with Crippen LogP contribution >= 0.6 is 0 Å². The van der Waals surface area contributed by atoms with Crippen molar-refractivity contribution in [2.45, 2.75) is 44.8 Å². The maximum absolute atomic E-state index is 12.9. The normalized spacial score (nSPS) is 20.6. The number of alkyl halides is 3. The van der Waals surface area contributed by atoms with E-state index in [1.807, 2.05) is 20.8 Å². The molecule has 100 valence electrons. The van der Waals surface area contributed by atoms with E-state index in [-0.39, 0.29) is 11.4 Å². The van der Waals surface area contributed by atoms with Gasteiger partial charge in [0, 0.05) is 12.0 Å². The van der Waals surface area contributed by atoms with E-state index in [0.29, 0.717) is 0 Å². The lowest BCUT2D eigenvalue weighted by molar-refractivity contribution is -0.156. The second kappa shape index (κ2) is 3.73. The summed E-state index contributed by atoms with van der Waals surface area (Å²) >= 11 is 0. The lowest BCUT2D eigenvalue weighted by Gasteiger charge is -2.28. The number of amides is 1. The number of nitrogens with zero attached hydrogens (tertiary/aromatic N) is 2. The van der Waals surface area contributed by atoms with E-state index in [9.17, 15) is 18.0 Å². The Morgan fingerprint density at radius 2 is 2.00 bits per heavy atom. The van der Waals surface area contributed by atoms with Crippen LogP contribution in [-0.2, 0) is 10.3 Å². The smallest absolute Gasteiger partial charge is 0.311 e. The Balaban J connectivity index is 2.53. The molecule has 0 fully saturated rings. The molecule has 7 heteroatoms. The van der Waals surface area contributed by atoms with Crippen LogP contribution in [-0.4, -0.2) is 21.9 Å². The Kier molecular flexibility index (Phi) is 2.68. The molecule has 4 nitrogen and oxygen atoms in total. The van der Waals surface area contributed by atoms with Crippen molar-refractivity contribution in [2.75, 3.05) is 5.32 Å². The number of carbonyl (C=O) groups excluding carboxylic acids is 1. The predicted octanol–water partition coefficient (Wildman–Crippen LogP) is 2.63. The SMILES string of the molecule is CC(C)(C)n1ncc2c1NC(=O)C[C@H]2C(F)(F)F. The van der Waals surface area contributed by atoms with Gasteiger partial charge in [0.1, 0.15) is 5.82 Å². The zero-order valence-electron chi connectivity index (χ0n) is 10.3. The van der Waals surface area contributed by atoms with Crippen molar-refractivity contribution in [1.29, 1.82) is 0 Å². The lowest BCUT2D eigenvalue weighted by Crippen LogP contribution is -2.34. The summed E-state index contributed by atoms with van der Waals surface area (Å²) in [6.45, 7) is 5.43. The van der Waals surface area contributed by atoms with Crippen molar-refractivity contribution in [3.8, 4) is 0 Å². The zero-order chi connectivity index (χ0) is 13.7. The molecule has 0 aromatic carbocycles. The molecule has 1 aromatic heterocycles. The molecule has 0 bridgehead atoms. The molecular weight excluding hydrogens is 247 g/mol. The van der Waals surface area contributed by atoms with Gasteiger partial charge in [-0.25, -0.2) is 4.68 Å². The summed E-state index contributed by atoms with van der Waals surface area (Å²) in [5.41, 5.74) is -0.453. The van der Waals surface area contributed by atoms with Crippen LogP contribution in [0.1, 0.15) is 38.7 Å². The number of hydrogen-bond donors (Lipinski definition) is 1. The van der Waals surface area contributed by atoms with Crippen LogP contribution in [0.5, 0.6) is 0 Å². The molecule has 1 amide bonds. The van der Waals surface area contributed by atoms with Gasteiger partial charge in [0.25, 0.3) is 0 Å². The molecule has 1 aliphatic rings. The van der Waals surface area contributed by atoms with Crippen LogP contribution in [0.3, 0.4) is 0 Å². The van der Waals surface area contributed by atoms with Crippen molar-refractivity contribution in [1.82, 2.24) is 9.78 Å². The highest BCUT2D eigenvalue weighted by Crippen LogP contribution is 2.44. The Bertz CT molecular complexity index is 485. The number of nitrogens with one attached hydrogen (secondary N) is 1. The number of aromatic nitrogens is 2. The fourth-order valence-corrected chi connectivity index (χ4v) is 2.02. The van der Waals surface area contributed by atoms with Gasteiger partial charge >= 0.3 is 6.18 Å². The van der Waals surface area contributed by atoms with Crippen molar-refractivity contribution in [3.63, 3.8) is 0 Å². The molecule has 2 heterocycles. The third kappa shape index (κ3) is 2.09. The number of rotatable bonds is 0. The average Bonchev–Trinajstić information content (AvgIpc) is 2.57. The molecule has 0 unspecified atom stereocenters. The van der Waals surface area contributed by atoms with Crippen LogP contribution in [0, 0.1) is 0 Å². The van der Waals surface area contributed by atoms with Crippen molar-refractivity contribution >= 4 is 11.7 Å². The molecule has 1 atom stereocenters. The van der Waals surface area contributed by atoms with Crippen LogP contribution in [0.2, 0.25) is 0 Å². The number of carbonyl (C=O) groups is 1. The molecular formula is C11H14F3N3O. The summed E-state index contributed by atoms with van der Waals surface area (Å²) < 4.78 is 40.1. The molecule has 0 saturated carbocycles. The van der Waals surface area contributed by atoms with Crippen molar-refractivity contribution in [3.05, 3.63) is 11.8 Å². The fraction of sp³-hybridized carbons (Fsp3) is 0.636. The maximum atomic E-state index is 12.9. The first-order valence-electron chi connectivity index (χ1n) is 5.55. The quantitative estimate of drug-likeness (QED) is 0.780. The number of halogens is 3. The van der Waals surface area contributed by atoms with Gasteiger partial charge in [-0.15, -0.1) is 0 Å². The van der Waals surface area contributed by atoms with E-state index in [1.165, 1.54) is 10.9 Å². The molecule has 0 radical (unpaired) electrons. The Labute approximate surface area is 102 Å². The van der Waals surface area contributed by atoms with E-state index < -0.39 is 30.0 Å². The number of fused-ring (bicyclic) bond motifs is 1. The third-order valence-corrected chi connectivity index (χ3v) is 2.85. The van der Waals surface area contributed by atoms with E-state index in [1.54, 1.807) is 0 Å². The predicted molar refractivity (Wildman–Crippen MR) is 59.3 cm³/mol. The van der Waals surface area contributed by atoms with Gasteiger partial charge in [-0.05, 0) is 20.8 Å². The minimum atomic E-state index is -4.43. The summed E-state index contributed by atoms with van der Waals surface area (Å²) in [6.07, 6.45) is -3.82. The van der Waals surface area contributed by atoms with E-state index in [2.05, 4.69) is 10.4 Å². The Hall–Kier alpha value is -1.53. The maximum Gasteiger partial charge on any atom is 0.396 e. The van der Waals surface area contributed by atoms with E-state index in [4.69, 9.17) is 0 Å². The summed E-state index contributed by atoms with van der Waals surface area (Å²) in [7, 11) is 0. The summed E-state index contributed by atoms with van der Waals surface area (Å²) in [5, 5.41) is 6.45. The standard InChI is InChI=1S/C11H14F3N3O/c1-10(2,3)17-9-6(5-15-17)7(11(12,13)14)4-8(18)16-9/h5,7H,4H2,1-3H3,(H,16,18)/t7-/m1/s1. The van der Waals surface area contributed by atoms with Crippen LogP contribution in [0.25, 0.3) is 0 Å². The van der Waals surface area contributed by atoms with Gasteiger partial charge in [0.2, 0.25) is 5.91 Å². The van der Waals surface area contributed by atoms with Gasteiger partial charge < -0.3 is 5.32 Å². The monoisotopic (exact) mass is 261 g/mol. The highest BCUT2D eigenvalue weighted by Gasteiger charge is 2.47. The topological polar surface area (TPSA) is 46.9 Å². The van der Waals surface area contributed by atoms with Crippen LogP contribution in [0.15, 0.2) is 6.20 Å². The van der Waals surface area contributed by atoms with Gasteiger partial charge in [0.05, 0.1) is 17.7 Å². The fourth-order valence-electron chi connectivity index (χ4n) is 2.02. The Morgan fingerprint density at radius 1 is 1.39 bits per heavy atom. The third-order valence-electron chi connectivity index (χ3n) is 2.85. The molecule has 0 aliphatic carbocycles. The number of hydrogen-bond acceptors (Lipinski definition) is 2. The minimum absolute atomic E-state index is 0.0389. The molecule has 1 aromatic rings. The summed E-state index contributed by atoms with van der Waals surface area (Å²) in [6, 6.07) is 0. The molecule has 1 aliphatic heterocycles. The van der Waals surface area contributed by atoms with Gasteiger partial charge in [-0.2, -0.15) is 18.3 Å². The average molecular weight is 261 g/mol. The molecule has 1 N–H and O–H groups in total. The highest BCUT2D eigenvalue weighted by atomic mass is 19.4. The molecule has 18 heavy (non-hydrogen) atoms. The van der Waals surface area contributed by atoms with Gasteiger partial charge in [-0.1, -0.05) is 0 Å². The van der Waals surface area contributed by atoms with E-state index in [0.717, 1.165) is 0 Å². The largest absolute Gasteiger partial charge is 0.396 e. The molecule has 0 saturated heterocycles. The first-order valence-corrected chi connectivity index (χ1v) is 5.55. The summed E-state index contributed by atoms with van der Waals surface area (Å²) in [5.74, 6) is -2.24. The van der Waals surface area contributed by atoms with Crippen molar-refractivity contribution < 1.29 is 18.0 Å². The summed E-state index contributed by atoms with van der Waals surface area (Å²) in [4.78, 5) is 11.4. The number of anilines is 1. The van der Waals surface area contributed by atoms with Crippen LogP contribution in [0.4, 0.5) is 19.0 Å². The zero-order valence-corrected chi connectivity index (χ0v) is 10.3. The lowest BCUT2D eigenvalue weighted by atomic mass is 9.93. The van der Waals surface area contributed by atoms with Gasteiger partial charge in [-0.3, -0.25) is 4.79 Å². The van der Waals surface area contributed by atoms with Crippen molar-refractivity contribution in [2.24, 2.45) is 0 Å².